The molecule has 31 heavy (non-hydrogen) atoms. The van der Waals surface area contributed by atoms with Crippen LogP contribution in [0.3, 0.4) is 0 Å². The van der Waals surface area contributed by atoms with Crippen molar-refractivity contribution in [2.75, 3.05) is 0 Å². The summed E-state index contributed by atoms with van der Waals surface area (Å²) in [5.74, 6) is 0.851. The van der Waals surface area contributed by atoms with Gasteiger partial charge in [0.1, 0.15) is 0 Å². The maximum atomic E-state index is 9.60. The molecule has 0 fully saturated rings. The zero-order valence-electron chi connectivity index (χ0n) is 21.9. The number of unbranched alkanes of at least 4 members (excludes halogenated alkanes) is 14. The molecule has 2 N–H and O–H groups in total. The molecular formula is C29H64O2. The molecule has 1 unspecified atom stereocenters. The summed E-state index contributed by atoms with van der Waals surface area (Å²) in [6.45, 7) is 12.9. The van der Waals surface area contributed by atoms with Gasteiger partial charge in [-0.2, -0.15) is 0 Å². The van der Waals surface area contributed by atoms with Gasteiger partial charge in [-0.3, -0.25) is 0 Å². The maximum absolute atomic E-state index is 9.60. The standard InChI is InChI=1S/2C14H30O.CH4/c2*1-4-5-6-7-8-9-10-11-12-14(15)13(2)3;/h2*13-15H,4-12H2,1-3H3;1H4/t14-;;/m1../s1. The SMILES string of the molecule is C.CCCCCCCCCCC(O)C(C)C.CCCCCCCCCC[C@@H](O)C(C)C. The molecule has 0 aliphatic heterocycles. The van der Waals surface area contributed by atoms with Crippen LogP contribution >= 0.6 is 0 Å². The summed E-state index contributed by atoms with van der Waals surface area (Å²) < 4.78 is 0. The number of hydrogen-bond acceptors (Lipinski definition) is 2. The van der Waals surface area contributed by atoms with Gasteiger partial charge in [-0.1, -0.05) is 152 Å². The fourth-order valence-corrected chi connectivity index (χ4v) is 3.64. The van der Waals surface area contributed by atoms with Crippen LogP contribution < -0.4 is 0 Å². The van der Waals surface area contributed by atoms with Crippen LogP contribution in [0.15, 0.2) is 0 Å². The monoisotopic (exact) mass is 444 g/mol. The largest absolute Gasteiger partial charge is 0.393 e. The zero-order chi connectivity index (χ0) is 23.0. The van der Waals surface area contributed by atoms with Gasteiger partial charge in [0.05, 0.1) is 12.2 Å². The molecule has 192 valence electrons. The van der Waals surface area contributed by atoms with E-state index in [1.165, 1.54) is 103 Å². The van der Waals surface area contributed by atoms with Gasteiger partial charge in [-0.15, -0.1) is 0 Å². The minimum atomic E-state index is -0.0786. The number of aliphatic hydroxyl groups excluding tert-OH is 2. The van der Waals surface area contributed by atoms with Crippen molar-refractivity contribution >= 4 is 0 Å². The fraction of sp³-hybridized carbons (Fsp3) is 1.00. The van der Waals surface area contributed by atoms with Crippen LogP contribution in [-0.4, -0.2) is 22.4 Å². The van der Waals surface area contributed by atoms with Crippen molar-refractivity contribution in [3.63, 3.8) is 0 Å². The molecule has 0 saturated heterocycles. The lowest BCUT2D eigenvalue weighted by molar-refractivity contribution is 0.113. The second-order valence-corrected chi connectivity index (χ2v) is 10.1. The Morgan fingerprint density at radius 1 is 0.419 bits per heavy atom. The predicted molar refractivity (Wildman–Crippen MR) is 143 cm³/mol. The zero-order valence-corrected chi connectivity index (χ0v) is 21.9. The van der Waals surface area contributed by atoms with Crippen LogP contribution in [0.5, 0.6) is 0 Å². The van der Waals surface area contributed by atoms with E-state index in [0.717, 1.165) is 12.8 Å². The van der Waals surface area contributed by atoms with E-state index in [4.69, 9.17) is 0 Å². The highest BCUT2D eigenvalue weighted by molar-refractivity contribution is 4.60. The number of aliphatic hydroxyl groups is 2. The Balaban J connectivity index is -0.000000490. The lowest BCUT2D eigenvalue weighted by Crippen LogP contribution is -2.13. The Bertz CT molecular complexity index is 271. The van der Waals surface area contributed by atoms with Crippen molar-refractivity contribution in [2.45, 2.75) is 177 Å². The van der Waals surface area contributed by atoms with Gasteiger partial charge in [-0.25, -0.2) is 0 Å². The maximum Gasteiger partial charge on any atom is 0.0563 e. The molecule has 0 amide bonds. The Hall–Kier alpha value is -0.0800. The van der Waals surface area contributed by atoms with E-state index in [2.05, 4.69) is 41.5 Å². The summed E-state index contributed by atoms with van der Waals surface area (Å²) in [7, 11) is 0. The quantitative estimate of drug-likeness (QED) is 0.183. The molecule has 0 rings (SSSR count). The molecule has 2 atom stereocenters. The topological polar surface area (TPSA) is 40.5 Å². The molecule has 0 aromatic carbocycles. The lowest BCUT2D eigenvalue weighted by atomic mass is 10.00. The second-order valence-electron chi connectivity index (χ2n) is 10.1. The molecule has 0 bridgehead atoms. The third-order valence-electron chi connectivity index (χ3n) is 6.25. The van der Waals surface area contributed by atoms with Crippen molar-refractivity contribution in [1.82, 2.24) is 0 Å². The molecule has 2 nitrogen and oxygen atoms in total. The average Bonchev–Trinajstić information content (AvgIpc) is 2.71. The van der Waals surface area contributed by atoms with Crippen molar-refractivity contribution in [3.8, 4) is 0 Å². The molecule has 0 aromatic rings. The van der Waals surface area contributed by atoms with E-state index in [0.29, 0.717) is 11.8 Å². The first-order valence-electron chi connectivity index (χ1n) is 13.7. The highest BCUT2D eigenvalue weighted by atomic mass is 16.3. The van der Waals surface area contributed by atoms with E-state index in [1.54, 1.807) is 0 Å². The minimum Gasteiger partial charge on any atom is -0.393 e. The van der Waals surface area contributed by atoms with Crippen molar-refractivity contribution in [1.29, 1.82) is 0 Å². The molecule has 0 aliphatic rings. The Morgan fingerprint density at radius 2 is 0.645 bits per heavy atom. The van der Waals surface area contributed by atoms with Crippen LogP contribution in [0.25, 0.3) is 0 Å². The molecular weight excluding hydrogens is 380 g/mol. The normalized spacial score (nSPS) is 13.0. The first kappa shape index (κ1) is 35.5. The van der Waals surface area contributed by atoms with E-state index in [9.17, 15) is 10.2 Å². The van der Waals surface area contributed by atoms with Crippen LogP contribution in [0.1, 0.15) is 165 Å². The summed E-state index contributed by atoms with van der Waals surface area (Å²) in [5, 5.41) is 19.2. The molecule has 0 radical (unpaired) electrons. The first-order chi connectivity index (χ1) is 14.4. The lowest BCUT2D eigenvalue weighted by Gasteiger charge is -2.13. The van der Waals surface area contributed by atoms with Crippen LogP contribution in [0.2, 0.25) is 0 Å². The molecule has 0 spiro atoms. The van der Waals surface area contributed by atoms with Gasteiger partial charge in [0.15, 0.2) is 0 Å². The predicted octanol–water partition coefficient (Wildman–Crippen LogP) is 9.70. The molecule has 0 aromatic heterocycles. The molecule has 2 heteroatoms. The second kappa shape index (κ2) is 28.0. The molecule has 0 aliphatic carbocycles. The van der Waals surface area contributed by atoms with Crippen LogP contribution in [0.4, 0.5) is 0 Å². The van der Waals surface area contributed by atoms with Gasteiger partial charge < -0.3 is 10.2 Å². The third kappa shape index (κ3) is 29.9. The average molecular weight is 445 g/mol. The minimum absolute atomic E-state index is 0. The number of hydrogen-bond donors (Lipinski definition) is 2. The summed E-state index contributed by atoms with van der Waals surface area (Å²) in [5.41, 5.74) is 0. The van der Waals surface area contributed by atoms with E-state index < -0.39 is 0 Å². The summed E-state index contributed by atoms with van der Waals surface area (Å²) in [6.07, 6.45) is 23.4. The fourth-order valence-electron chi connectivity index (χ4n) is 3.64. The van der Waals surface area contributed by atoms with Gasteiger partial charge in [0.25, 0.3) is 0 Å². The van der Waals surface area contributed by atoms with Crippen molar-refractivity contribution in [2.24, 2.45) is 11.8 Å². The number of rotatable bonds is 20. The van der Waals surface area contributed by atoms with Crippen molar-refractivity contribution in [3.05, 3.63) is 0 Å². The summed E-state index contributed by atoms with van der Waals surface area (Å²) >= 11 is 0. The van der Waals surface area contributed by atoms with E-state index in [-0.39, 0.29) is 19.6 Å². The van der Waals surface area contributed by atoms with Crippen LogP contribution in [0, 0.1) is 11.8 Å². The van der Waals surface area contributed by atoms with Gasteiger partial charge in [0, 0.05) is 0 Å². The van der Waals surface area contributed by atoms with Crippen molar-refractivity contribution < 1.29 is 10.2 Å². The van der Waals surface area contributed by atoms with Gasteiger partial charge >= 0.3 is 0 Å². The summed E-state index contributed by atoms with van der Waals surface area (Å²) in [6, 6.07) is 0. The molecule has 0 heterocycles. The Labute approximate surface area is 199 Å². The third-order valence-corrected chi connectivity index (χ3v) is 6.25. The molecule has 0 saturated carbocycles. The van der Waals surface area contributed by atoms with Gasteiger partial charge in [0.2, 0.25) is 0 Å². The highest BCUT2D eigenvalue weighted by Crippen LogP contribution is 2.14. The highest BCUT2D eigenvalue weighted by Gasteiger charge is 2.08. The van der Waals surface area contributed by atoms with E-state index in [1.807, 2.05) is 0 Å². The Kier molecular flexibility index (Phi) is 32.0. The first-order valence-corrected chi connectivity index (χ1v) is 13.7. The summed E-state index contributed by atoms with van der Waals surface area (Å²) in [4.78, 5) is 0. The Morgan fingerprint density at radius 3 is 0.871 bits per heavy atom. The smallest absolute Gasteiger partial charge is 0.0563 e. The van der Waals surface area contributed by atoms with E-state index >= 15 is 0 Å². The van der Waals surface area contributed by atoms with Gasteiger partial charge in [-0.05, 0) is 24.7 Å². The van der Waals surface area contributed by atoms with Crippen LogP contribution in [-0.2, 0) is 0 Å².